The van der Waals surface area contributed by atoms with Gasteiger partial charge in [0, 0.05) is 22.0 Å². The van der Waals surface area contributed by atoms with Gasteiger partial charge in [0.05, 0.1) is 0 Å². The Morgan fingerprint density at radius 2 is 0.768 bits per heavy atom. The van der Waals surface area contributed by atoms with Gasteiger partial charge in [0.1, 0.15) is 17.6 Å². The van der Waals surface area contributed by atoms with E-state index in [-0.39, 0.29) is 40.5 Å². The summed E-state index contributed by atoms with van der Waals surface area (Å²) in [5.74, 6) is 7.49. The highest BCUT2D eigenvalue weighted by Crippen LogP contribution is 2.53. The maximum absolute atomic E-state index is 13.3. The molecular formula is C64H82F12O4Si2. The van der Waals surface area contributed by atoms with E-state index in [1.165, 1.54) is 0 Å². The van der Waals surface area contributed by atoms with Crippen LogP contribution in [0, 0.1) is 62.2 Å². The normalized spacial score (nSPS) is 13.9. The molecule has 4 aromatic carbocycles. The molecule has 0 fully saturated rings. The van der Waals surface area contributed by atoms with Crippen LogP contribution in [0.15, 0.2) is 72.8 Å². The van der Waals surface area contributed by atoms with Gasteiger partial charge in [0.2, 0.25) is 27.8 Å². The smallest absolute Gasteiger partial charge is 0.410 e. The number of benzene rings is 4. The second-order valence-electron chi connectivity index (χ2n) is 24.9. The van der Waals surface area contributed by atoms with Gasteiger partial charge in [-0.3, -0.25) is 4.79 Å². The quantitative estimate of drug-likeness (QED) is 0.0777. The Morgan fingerprint density at radius 3 is 1.02 bits per heavy atom. The Labute approximate surface area is 480 Å². The fourth-order valence-electron chi connectivity index (χ4n) is 9.08. The number of carbonyl (C=O) groups excluding carboxylic acids is 1. The first-order chi connectivity index (χ1) is 37.0. The average molecular weight is 1200 g/mol. The van der Waals surface area contributed by atoms with E-state index in [1.807, 2.05) is 44.0 Å². The van der Waals surface area contributed by atoms with Crippen LogP contribution in [0.2, 0.25) is 36.3 Å². The summed E-state index contributed by atoms with van der Waals surface area (Å²) in [6, 6.07) is 22.8. The fraction of sp³-hybridized carbons (Fsp3) is 0.547. The van der Waals surface area contributed by atoms with Gasteiger partial charge >= 0.3 is 24.7 Å². The molecule has 4 nitrogen and oxygen atoms in total. The van der Waals surface area contributed by atoms with Crippen molar-refractivity contribution in [1.82, 2.24) is 0 Å². The third-order valence-corrected chi connectivity index (χ3v) is 26.4. The van der Waals surface area contributed by atoms with Gasteiger partial charge in [-0.05, 0) is 178 Å². The summed E-state index contributed by atoms with van der Waals surface area (Å²) in [5.41, 5.74) is -2.10. The number of aryl methyl sites for hydroxylation is 4. The van der Waals surface area contributed by atoms with E-state index >= 15 is 0 Å². The van der Waals surface area contributed by atoms with Gasteiger partial charge < -0.3 is 14.0 Å². The number of aliphatic hydroxyl groups excluding tert-OH is 1. The molecule has 0 spiro atoms. The Bertz CT molecular complexity index is 3000. The minimum absolute atomic E-state index is 0.0413. The van der Waals surface area contributed by atoms with Gasteiger partial charge in [-0.2, -0.15) is 52.7 Å². The minimum Gasteiger partial charge on any atom is -0.543 e. The summed E-state index contributed by atoms with van der Waals surface area (Å²) < 4.78 is 172. The van der Waals surface area contributed by atoms with Gasteiger partial charge in [0.15, 0.2) is 5.41 Å². The van der Waals surface area contributed by atoms with E-state index in [9.17, 15) is 62.6 Å². The molecule has 0 saturated carbocycles. The fourth-order valence-corrected chi connectivity index (χ4v) is 11.2. The van der Waals surface area contributed by atoms with Crippen LogP contribution in [0.1, 0.15) is 164 Å². The van der Waals surface area contributed by atoms with Crippen molar-refractivity contribution < 1.29 is 71.4 Å². The maximum Gasteiger partial charge on any atom is 0.410 e. The number of alkyl halides is 12. The molecule has 0 aliphatic rings. The molecule has 0 saturated heterocycles. The van der Waals surface area contributed by atoms with Crippen molar-refractivity contribution in [3.63, 3.8) is 0 Å². The molecule has 0 radical (unpaired) electrons. The number of halogens is 12. The number of Topliss-reactive ketones (excluding diaryl/α,β-unsaturated/α-hetero) is 1. The van der Waals surface area contributed by atoms with Gasteiger partial charge in [0.25, 0.3) is 0 Å². The van der Waals surface area contributed by atoms with E-state index in [1.54, 1.807) is 44.0 Å². The third-order valence-electron chi connectivity index (χ3n) is 17.7. The first-order valence-corrected chi connectivity index (χ1v) is 33.1. The summed E-state index contributed by atoms with van der Waals surface area (Å²) >= 11 is 0. The number of hydrogen-bond acceptors (Lipinski definition) is 4. The molecule has 1 atom stereocenters. The number of carbonyl (C=O) groups is 1. The predicted octanol–water partition coefficient (Wildman–Crippen LogP) is 19.5. The number of rotatable bonds is 14. The van der Waals surface area contributed by atoms with Crippen LogP contribution in [0.5, 0.6) is 11.5 Å². The highest BCUT2D eigenvalue weighted by molar-refractivity contribution is 6.75. The number of ketones is 1. The monoisotopic (exact) mass is 1200 g/mol. The second-order valence-corrected chi connectivity index (χ2v) is 34.3. The lowest BCUT2D eigenvalue weighted by Crippen LogP contribution is -2.55. The zero-order chi connectivity index (χ0) is 63.6. The zero-order valence-electron chi connectivity index (χ0n) is 51.0. The SMILES string of the molecule is CCC(CC)(c1ccc(C#CC(=O)C(C)(C(F)(F)F)C(F)(F)F)c(C)c1)c1ccc(O[Si](C)(C)C(C)(C)C)c(C)c1.CCC(CC)(c1ccc(C#CC(O)C(C)(C(F)(F)F)C(F)(F)F)c(C)c1)c1ccc(O[Si](C)(C)C(C)(C)C)c(C)c1. The first kappa shape index (κ1) is 71.1. The van der Waals surface area contributed by atoms with E-state index in [2.05, 4.69) is 132 Å². The summed E-state index contributed by atoms with van der Waals surface area (Å²) in [7, 11) is -4.08. The Balaban J connectivity index is 0.000000430. The summed E-state index contributed by atoms with van der Waals surface area (Å²) in [6.07, 6.45) is -23.1. The van der Waals surface area contributed by atoms with E-state index in [0.29, 0.717) is 11.1 Å². The van der Waals surface area contributed by atoms with Gasteiger partial charge in [-0.1, -0.05) is 136 Å². The van der Waals surface area contributed by atoms with Crippen LogP contribution in [-0.2, 0) is 15.6 Å². The van der Waals surface area contributed by atoms with Crippen molar-refractivity contribution in [1.29, 1.82) is 0 Å². The molecule has 18 heteroatoms. The van der Waals surface area contributed by atoms with Crippen molar-refractivity contribution in [3.8, 4) is 35.2 Å². The van der Waals surface area contributed by atoms with Crippen LogP contribution in [0.4, 0.5) is 52.7 Å². The Hall–Kier alpha value is -5.18. The van der Waals surface area contributed by atoms with Crippen LogP contribution in [-0.4, -0.2) is 58.3 Å². The minimum atomic E-state index is -5.83. The Morgan fingerprint density at radius 1 is 0.476 bits per heavy atom. The standard InChI is InChI=1S/C32H42F6O2Si.C32H40F6O2Si/c2*1-11-30(12-2,25-16-17-26(22(4)20-25)40-41(9,10)28(5,6)7)24-15-13-23(21(3)19-24)14-18-27(39)29(8,31(33,34)35)32(36,37)38/h13,15-17,19-20,27,39H,11-12H2,1-10H3;13,15-17,19-20H,11-12H2,1-10H3. The highest BCUT2D eigenvalue weighted by atomic mass is 28.4. The molecule has 0 aliphatic heterocycles. The lowest BCUT2D eigenvalue weighted by atomic mass is 9.70. The van der Waals surface area contributed by atoms with Crippen LogP contribution in [0.25, 0.3) is 0 Å². The molecule has 1 N–H and O–H groups in total. The van der Waals surface area contributed by atoms with Crippen LogP contribution < -0.4 is 8.85 Å². The van der Waals surface area contributed by atoms with Gasteiger partial charge in [-0.25, -0.2) is 0 Å². The zero-order valence-corrected chi connectivity index (χ0v) is 53.0. The Kier molecular flexibility index (Phi) is 21.5. The topological polar surface area (TPSA) is 55.8 Å². The highest BCUT2D eigenvalue weighted by Gasteiger charge is 2.72. The van der Waals surface area contributed by atoms with E-state index < -0.39 is 69.5 Å². The lowest BCUT2D eigenvalue weighted by molar-refractivity contribution is -0.352. The number of hydrogen-bond donors (Lipinski definition) is 1. The van der Waals surface area contributed by atoms with Crippen molar-refractivity contribution in [2.24, 2.45) is 10.8 Å². The molecule has 0 aliphatic carbocycles. The van der Waals surface area contributed by atoms with Gasteiger partial charge in [-0.15, -0.1) is 0 Å². The van der Waals surface area contributed by atoms with Crippen molar-refractivity contribution in [2.75, 3.05) is 0 Å². The molecular weight excluding hydrogens is 1120 g/mol. The molecule has 0 heterocycles. The summed E-state index contributed by atoms with van der Waals surface area (Å²) in [4.78, 5) is 12.1. The molecule has 0 bridgehead atoms. The molecule has 4 aromatic rings. The van der Waals surface area contributed by atoms with Crippen molar-refractivity contribution >= 4 is 22.4 Å². The molecule has 82 heavy (non-hydrogen) atoms. The molecule has 1 unspecified atom stereocenters. The van der Waals surface area contributed by atoms with Crippen molar-refractivity contribution in [3.05, 3.63) is 128 Å². The summed E-state index contributed by atoms with van der Waals surface area (Å²) in [6.45, 7) is 37.3. The second kappa shape index (κ2) is 24.8. The first-order valence-electron chi connectivity index (χ1n) is 27.3. The average Bonchev–Trinajstić information content (AvgIpc) is 3.02. The van der Waals surface area contributed by atoms with E-state index in [4.69, 9.17) is 8.85 Å². The van der Waals surface area contributed by atoms with Crippen molar-refractivity contribution in [2.45, 2.75) is 214 Å². The molecule has 0 amide bonds. The third kappa shape index (κ3) is 14.3. The maximum atomic E-state index is 13.3. The van der Waals surface area contributed by atoms with E-state index in [0.717, 1.165) is 70.6 Å². The lowest BCUT2D eigenvalue weighted by Gasteiger charge is -2.38. The number of aliphatic hydroxyl groups is 1. The van der Waals surface area contributed by atoms with Crippen LogP contribution >= 0.6 is 0 Å². The molecule has 454 valence electrons. The molecule has 4 rings (SSSR count). The summed E-state index contributed by atoms with van der Waals surface area (Å²) in [5, 5.41) is 10.0. The molecule has 0 aromatic heterocycles. The largest absolute Gasteiger partial charge is 0.543 e. The van der Waals surface area contributed by atoms with Crippen LogP contribution in [0.3, 0.4) is 0 Å². The predicted molar refractivity (Wildman–Crippen MR) is 308 cm³/mol.